The van der Waals surface area contributed by atoms with E-state index in [1.165, 1.54) is 23.0 Å². The number of fused-ring (bicyclic) bond motifs is 1. The predicted octanol–water partition coefficient (Wildman–Crippen LogP) is 3.30. The molecule has 5 rings (SSSR count). The van der Waals surface area contributed by atoms with E-state index in [0.29, 0.717) is 28.4 Å². The highest BCUT2D eigenvalue weighted by molar-refractivity contribution is 6.04. The lowest BCUT2D eigenvalue weighted by Crippen LogP contribution is -2.33. The van der Waals surface area contributed by atoms with Gasteiger partial charge in [0.25, 0.3) is 11.8 Å². The molecule has 1 aromatic carbocycles. The number of nitrogens with one attached hydrogen (secondary N) is 4. The second kappa shape index (κ2) is 10.8. The van der Waals surface area contributed by atoms with Crippen molar-refractivity contribution in [3.05, 3.63) is 72.1 Å². The van der Waals surface area contributed by atoms with Crippen molar-refractivity contribution >= 4 is 40.3 Å². The normalized spacial score (nSPS) is 17.1. The van der Waals surface area contributed by atoms with E-state index in [2.05, 4.69) is 36.3 Å². The third kappa shape index (κ3) is 5.39. The van der Waals surface area contributed by atoms with Crippen LogP contribution in [0.25, 0.3) is 5.65 Å². The van der Waals surface area contributed by atoms with E-state index in [-0.39, 0.29) is 29.4 Å². The van der Waals surface area contributed by atoms with E-state index < -0.39 is 11.7 Å². The van der Waals surface area contributed by atoms with Crippen LogP contribution < -0.4 is 27.0 Å². The zero-order valence-electron chi connectivity index (χ0n) is 20.7. The van der Waals surface area contributed by atoms with Crippen LogP contribution in [0.15, 0.2) is 55.0 Å². The Labute approximate surface area is 218 Å². The number of nitrogens with zero attached hydrogens (tertiary/aromatic N) is 4. The number of imidazole rings is 1. The molecule has 1 saturated carbocycles. The number of benzene rings is 1. The minimum Gasteiger partial charge on any atom is -0.366 e. The van der Waals surface area contributed by atoms with Crippen LogP contribution in [0.5, 0.6) is 0 Å². The zero-order valence-corrected chi connectivity index (χ0v) is 20.7. The van der Waals surface area contributed by atoms with Crippen molar-refractivity contribution in [2.24, 2.45) is 5.73 Å². The Bertz CT molecular complexity index is 1480. The topological polar surface area (TPSA) is 151 Å². The minimum atomic E-state index is -0.654. The summed E-state index contributed by atoms with van der Waals surface area (Å²) in [5, 5.41) is 16.6. The third-order valence-corrected chi connectivity index (χ3v) is 6.48. The first-order chi connectivity index (χ1) is 18.4. The fraction of sp³-hybridized carbons (Fsp3) is 0.269. The van der Waals surface area contributed by atoms with Crippen LogP contribution in [-0.2, 0) is 0 Å². The molecule has 2 amide bonds. The van der Waals surface area contributed by atoms with Gasteiger partial charge in [0.05, 0.1) is 23.8 Å². The molecule has 0 atom stereocenters. The standard InChI is InChI=1S/C26H28FN9O2/c1-29-25(37)15-3-2-4-18(11-15)32-21-12-23(33-17-7-5-16(28)6-8-17)35-36-22(14-31-24(21)36)26(38)34-20-9-10-30-13-19(20)27/h2-4,9-14,16-17,32H,5-8,28H2,1H3,(H,29,37)(H,33,35)(H,30,34,38)/t16-,17-. The molecule has 1 aliphatic rings. The molecule has 12 heteroatoms. The third-order valence-electron chi connectivity index (χ3n) is 6.48. The maximum Gasteiger partial charge on any atom is 0.276 e. The smallest absolute Gasteiger partial charge is 0.276 e. The largest absolute Gasteiger partial charge is 0.366 e. The van der Waals surface area contributed by atoms with Gasteiger partial charge in [-0.3, -0.25) is 14.6 Å². The molecular weight excluding hydrogens is 489 g/mol. The van der Waals surface area contributed by atoms with Crippen molar-refractivity contribution in [1.82, 2.24) is 24.9 Å². The van der Waals surface area contributed by atoms with Gasteiger partial charge in [-0.1, -0.05) is 6.07 Å². The van der Waals surface area contributed by atoms with Gasteiger partial charge >= 0.3 is 0 Å². The molecule has 0 radical (unpaired) electrons. The number of rotatable bonds is 7. The molecule has 3 aromatic heterocycles. The number of amides is 2. The molecule has 0 spiro atoms. The van der Waals surface area contributed by atoms with Gasteiger partial charge in [-0.05, 0) is 49.9 Å². The zero-order chi connectivity index (χ0) is 26.6. The van der Waals surface area contributed by atoms with E-state index in [0.717, 1.165) is 31.9 Å². The van der Waals surface area contributed by atoms with E-state index in [1.54, 1.807) is 25.2 Å². The van der Waals surface area contributed by atoms with E-state index in [1.807, 2.05) is 12.1 Å². The van der Waals surface area contributed by atoms with Crippen LogP contribution in [0.1, 0.15) is 46.5 Å². The van der Waals surface area contributed by atoms with Crippen molar-refractivity contribution < 1.29 is 14.0 Å². The van der Waals surface area contributed by atoms with E-state index in [9.17, 15) is 14.0 Å². The van der Waals surface area contributed by atoms with Gasteiger partial charge in [0.15, 0.2) is 17.2 Å². The highest BCUT2D eigenvalue weighted by atomic mass is 19.1. The molecule has 196 valence electrons. The molecule has 0 unspecified atom stereocenters. The highest BCUT2D eigenvalue weighted by Crippen LogP contribution is 2.27. The summed E-state index contributed by atoms with van der Waals surface area (Å²) in [5.41, 5.74) is 8.27. The van der Waals surface area contributed by atoms with Gasteiger partial charge in [0.1, 0.15) is 5.82 Å². The second-order valence-corrected chi connectivity index (χ2v) is 9.17. The average molecular weight is 518 g/mol. The first-order valence-electron chi connectivity index (χ1n) is 12.3. The maximum absolute atomic E-state index is 14.1. The second-order valence-electron chi connectivity index (χ2n) is 9.17. The Morgan fingerprint density at radius 3 is 2.63 bits per heavy atom. The van der Waals surface area contributed by atoms with Crippen LogP contribution in [0.3, 0.4) is 0 Å². The Kier molecular flexibility index (Phi) is 7.13. The molecular formula is C26H28FN9O2. The lowest BCUT2D eigenvalue weighted by atomic mass is 9.92. The van der Waals surface area contributed by atoms with Gasteiger partial charge in [-0.2, -0.15) is 0 Å². The van der Waals surface area contributed by atoms with Gasteiger partial charge in [0, 0.05) is 42.6 Å². The Morgan fingerprint density at radius 1 is 1.05 bits per heavy atom. The van der Waals surface area contributed by atoms with Gasteiger partial charge in [0.2, 0.25) is 0 Å². The molecule has 0 bridgehead atoms. The van der Waals surface area contributed by atoms with Gasteiger partial charge in [-0.25, -0.2) is 13.9 Å². The van der Waals surface area contributed by atoms with Crippen LogP contribution in [0.2, 0.25) is 0 Å². The highest BCUT2D eigenvalue weighted by Gasteiger charge is 2.22. The van der Waals surface area contributed by atoms with Crippen LogP contribution in [-0.4, -0.2) is 50.5 Å². The lowest BCUT2D eigenvalue weighted by molar-refractivity contribution is 0.0962. The summed E-state index contributed by atoms with van der Waals surface area (Å²) in [6, 6.07) is 10.6. The summed E-state index contributed by atoms with van der Waals surface area (Å²) in [6.07, 6.45) is 7.41. The minimum absolute atomic E-state index is 0.00265. The SMILES string of the molecule is CNC(=O)c1cccc(Nc2cc(N[C@H]3CC[C@H](N)CC3)nn3c(C(=O)Nc4ccncc4F)cnc23)c1. The number of nitrogens with two attached hydrogens (primary N) is 1. The molecule has 0 aliphatic heterocycles. The fourth-order valence-corrected chi connectivity index (χ4v) is 4.46. The summed E-state index contributed by atoms with van der Waals surface area (Å²) < 4.78 is 15.5. The quantitative estimate of drug-likeness (QED) is 0.250. The summed E-state index contributed by atoms with van der Waals surface area (Å²) >= 11 is 0. The molecule has 1 aliphatic carbocycles. The molecule has 38 heavy (non-hydrogen) atoms. The molecule has 11 nitrogen and oxygen atoms in total. The number of halogens is 1. The molecule has 1 fully saturated rings. The number of pyridine rings is 1. The number of anilines is 4. The Morgan fingerprint density at radius 2 is 1.87 bits per heavy atom. The summed E-state index contributed by atoms with van der Waals surface area (Å²) in [6.45, 7) is 0. The van der Waals surface area contributed by atoms with Crippen LogP contribution in [0, 0.1) is 5.82 Å². The molecule has 0 saturated heterocycles. The van der Waals surface area contributed by atoms with Crippen molar-refractivity contribution in [2.45, 2.75) is 37.8 Å². The van der Waals surface area contributed by atoms with Crippen molar-refractivity contribution in [2.75, 3.05) is 23.0 Å². The summed E-state index contributed by atoms with van der Waals surface area (Å²) in [7, 11) is 1.57. The lowest BCUT2D eigenvalue weighted by Gasteiger charge is -2.27. The van der Waals surface area contributed by atoms with E-state index in [4.69, 9.17) is 5.73 Å². The van der Waals surface area contributed by atoms with Crippen LogP contribution >= 0.6 is 0 Å². The number of carbonyl (C=O) groups excluding carboxylic acids is 2. The first-order valence-corrected chi connectivity index (χ1v) is 12.3. The Balaban J connectivity index is 1.51. The molecule has 6 N–H and O–H groups in total. The van der Waals surface area contributed by atoms with E-state index >= 15 is 0 Å². The Hall–Kier alpha value is -4.58. The average Bonchev–Trinajstić information content (AvgIpc) is 3.35. The number of hydrogen-bond donors (Lipinski definition) is 5. The molecule has 3 heterocycles. The maximum atomic E-state index is 14.1. The number of aromatic nitrogens is 4. The van der Waals surface area contributed by atoms with Crippen LogP contribution in [0.4, 0.5) is 27.3 Å². The monoisotopic (exact) mass is 517 g/mol. The number of carbonyl (C=O) groups is 2. The first kappa shape index (κ1) is 25.1. The molecule has 4 aromatic rings. The van der Waals surface area contributed by atoms with Crippen molar-refractivity contribution in [3.8, 4) is 0 Å². The van der Waals surface area contributed by atoms with Crippen molar-refractivity contribution in [1.29, 1.82) is 0 Å². The predicted molar refractivity (Wildman–Crippen MR) is 142 cm³/mol. The summed E-state index contributed by atoms with van der Waals surface area (Å²) in [4.78, 5) is 33.3. The fourth-order valence-electron chi connectivity index (χ4n) is 4.46. The number of hydrogen-bond acceptors (Lipinski definition) is 8. The van der Waals surface area contributed by atoms with Gasteiger partial charge < -0.3 is 27.0 Å². The van der Waals surface area contributed by atoms with Gasteiger partial charge in [-0.15, -0.1) is 5.10 Å². The summed E-state index contributed by atoms with van der Waals surface area (Å²) in [5.74, 6) is -0.915. The van der Waals surface area contributed by atoms with Crippen molar-refractivity contribution in [3.63, 3.8) is 0 Å².